The molecule has 0 atom stereocenters. The summed E-state index contributed by atoms with van der Waals surface area (Å²) in [5, 5.41) is 0. The van der Waals surface area contributed by atoms with Crippen molar-refractivity contribution in [3.05, 3.63) is 29.7 Å². The molecule has 0 rings (SSSR count). The van der Waals surface area contributed by atoms with Crippen molar-refractivity contribution in [3.63, 3.8) is 0 Å². The fourth-order valence-corrected chi connectivity index (χ4v) is 1.02. The summed E-state index contributed by atoms with van der Waals surface area (Å²) in [7, 11) is 0. The molecule has 0 aromatic carbocycles. The Morgan fingerprint density at radius 2 is 1.83 bits per heavy atom. The first-order valence-corrected chi connectivity index (χ1v) is 4.88. The molecule has 0 saturated heterocycles. The molecule has 0 aliphatic heterocycles. The van der Waals surface area contributed by atoms with Crippen LogP contribution in [0.2, 0.25) is 0 Å². The highest BCUT2D eigenvalue weighted by Gasteiger charge is 1.91. The maximum atomic E-state index is 2.30. The van der Waals surface area contributed by atoms with E-state index in [1.54, 1.807) is 0 Å². The minimum atomic E-state index is 1.09. The molecule has 0 bridgehead atoms. The summed E-state index contributed by atoms with van der Waals surface area (Å²) < 4.78 is 0. The van der Waals surface area contributed by atoms with E-state index in [2.05, 4.69) is 46.3 Å². The summed E-state index contributed by atoms with van der Waals surface area (Å²) in [5.74, 6) is 0. The van der Waals surface area contributed by atoms with Crippen molar-refractivity contribution in [2.24, 2.45) is 0 Å². The van der Waals surface area contributed by atoms with E-state index in [1.165, 1.54) is 17.6 Å². The molecule has 0 aliphatic rings. The van der Waals surface area contributed by atoms with Crippen LogP contribution in [0.15, 0.2) is 23.3 Å². The molecule has 0 heterocycles. The van der Waals surface area contributed by atoms with E-state index < -0.39 is 0 Å². The summed E-state index contributed by atoms with van der Waals surface area (Å²) in [6.07, 6.45) is 10.2. The summed E-state index contributed by atoms with van der Waals surface area (Å²) in [6.45, 7) is 8.69. The summed E-state index contributed by atoms with van der Waals surface area (Å²) in [4.78, 5) is 0. The molecule has 12 heavy (non-hydrogen) atoms. The monoisotopic (exact) mass is 165 g/mol. The van der Waals surface area contributed by atoms with E-state index in [1.807, 2.05) is 0 Å². The smallest absolute Gasteiger partial charge is 0.0100 e. The number of allylic oxidation sites excluding steroid dienone is 4. The van der Waals surface area contributed by atoms with Crippen LogP contribution in [0.25, 0.3) is 0 Å². The van der Waals surface area contributed by atoms with Crippen molar-refractivity contribution >= 4 is 0 Å². The first kappa shape index (κ1) is 11.5. The number of rotatable bonds is 5. The molecular formula is C12H21. The first-order chi connectivity index (χ1) is 5.74. The second-order valence-electron chi connectivity index (χ2n) is 3.06. The van der Waals surface area contributed by atoms with Gasteiger partial charge in [0, 0.05) is 0 Å². The third-order valence-corrected chi connectivity index (χ3v) is 2.18. The lowest BCUT2D eigenvalue weighted by molar-refractivity contribution is 1.03. The van der Waals surface area contributed by atoms with Crippen molar-refractivity contribution in [1.82, 2.24) is 0 Å². The van der Waals surface area contributed by atoms with Crippen LogP contribution in [-0.2, 0) is 0 Å². The van der Waals surface area contributed by atoms with Gasteiger partial charge in [0.1, 0.15) is 0 Å². The highest BCUT2D eigenvalue weighted by Crippen LogP contribution is 2.10. The largest absolute Gasteiger partial charge is 0.0882 e. The van der Waals surface area contributed by atoms with Gasteiger partial charge in [-0.3, -0.25) is 0 Å². The van der Waals surface area contributed by atoms with E-state index in [9.17, 15) is 0 Å². The third kappa shape index (κ3) is 5.17. The molecule has 0 nitrogen and oxygen atoms in total. The Labute approximate surface area is 77.4 Å². The van der Waals surface area contributed by atoms with Crippen molar-refractivity contribution in [2.75, 3.05) is 0 Å². The SMILES string of the molecule is C/C=C(/[CH]C/C=C(\C)CC)CC. The molecule has 0 heteroatoms. The van der Waals surface area contributed by atoms with E-state index in [0.29, 0.717) is 0 Å². The summed E-state index contributed by atoms with van der Waals surface area (Å²) in [5.41, 5.74) is 2.94. The average molecular weight is 165 g/mol. The Bertz CT molecular complexity index is 161. The topological polar surface area (TPSA) is 0 Å². The van der Waals surface area contributed by atoms with Gasteiger partial charge in [0.2, 0.25) is 0 Å². The predicted molar refractivity (Wildman–Crippen MR) is 57.0 cm³/mol. The van der Waals surface area contributed by atoms with Gasteiger partial charge in [0.25, 0.3) is 0 Å². The van der Waals surface area contributed by atoms with Crippen LogP contribution >= 0.6 is 0 Å². The van der Waals surface area contributed by atoms with Crippen LogP contribution in [0.3, 0.4) is 0 Å². The predicted octanol–water partition coefficient (Wildman–Crippen LogP) is 4.29. The van der Waals surface area contributed by atoms with Crippen molar-refractivity contribution in [1.29, 1.82) is 0 Å². The molecule has 0 fully saturated rings. The second-order valence-corrected chi connectivity index (χ2v) is 3.06. The maximum absolute atomic E-state index is 2.30. The van der Waals surface area contributed by atoms with Crippen molar-refractivity contribution in [2.45, 2.75) is 47.0 Å². The standard InChI is InChI=1S/C12H21/c1-5-11(4)9-8-10-12(6-2)7-3/h6,9-10H,5,7-8H2,1-4H3/b11-9+,12-6+. The van der Waals surface area contributed by atoms with Crippen molar-refractivity contribution < 1.29 is 0 Å². The van der Waals surface area contributed by atoms with Gasteiger partial charge < -0.3 is 0 Å². The molecule has 0 aliphatic carbocycles. The van der Waals surface area contributed by atoms with E-state index in [0.717, 1.165) is 12.8 Å². The molecule has 1 radical (unpaired) electrons. The highest BCUT2D eigenvalue weighted by molar-refractivity contribution is 5.14. The fourth-order valence-electron chi connectivity index (χ4n) is 1.02. The second kappa shape index (κ2) is 7.15. The van der Waals surface area contributed by atoms with E-state index in [-0.39, 0.29) is 0 Å². The molecule has 0 saturated carbocycles. The van der Waals surface area contributed by atoms with Gasteiger partial charge in [-0.25, -0.2) is 0 Å². The molecule has 0 spiro atoms. The zero-order valence-electron chi connectivity index (χ0n) is 8.85. The van der Waals surface area contributed by atoms with Crippen LogP contribution in [0.1, 0.15) is 47.0 Å². The van der Waals surface area contributed by atoms with E-state index in [4.69, 9.17) is 0 Å². The molecule has 0 aromatic rings. The van der Waals surface area contributed by atoms with Crippen LogP contribution < -0.4 is 0 Å². The fraction of sp³-hybridized carbons (Fsp3) is 0.583. The van der Waals surface area contributed by atoms with Crippen LogP contribution in [0, 0.1) is 6.42 Å². The lowest BCUT2D eigenvalue weighted by Crippen LogP contribution is -1.81. The van der Waals surface area contributed by atoms with Gasteiger partial charge in [0.15, 0.2) is 0 Å². The van der Waals surface area contributed by atoms with Crippen LogP contribution in [0.4, 0.5) is 0 Å². The zero-order chi connectivity index (χ0) is 9.40. The summed E-state index contributed by atoms with van der Waals surface area (Å²) in [6, 6.07) is 0. The first-order valence-electron chi connectivity index (χ1n) is 4.88. The molecule has 0 unspecified atom stereocenters. The van der Waals surface area contributed by atoms with E-state index >= 15 is 0 Å². The van der Waals surface area contributed by atoms with Gasteiger partial charge in [-0.15, -0.1) is 0 Å². The quantitative estimate of drug-likeness (QED) is 0.533. The number of hydrogen-bond acceptors (Lipinski definition) is 0. The normalized spacial score (nSPS) is 13.7. The molecular weight excluding hydrogens is 144 g/mol. The molecule has 69 valence electrons. The highest BCUT2D eigenvalue weighted by atomic mass is 14.0. The van der Waals surface area contributed by atoms with Gasteiger partial charge in [-0.2, -0.15) is 0 Å². The average Bonchev–Trinajstić information content (AvgIpc) is 2.12. The molecule has 0 aromatic heterocycles. The zero-order valence-corrected chi connectivity index (χ0v) is 8.85. The minimum Gasteiger partial charge on any atom is -0.0882 e. The Kier molecular flexibility index (Phi) is 6.84. The lowest BCUT2D eigenvalue weighted by atomic mass is 10.1. The summed E-state index contributed by atoms with van der Waals surface area (Å²) >= 11 is 0. The minimum absolute atomic E-state index is 1.09. The van der Waals surface area contributed by atoms with Crippen LogP contribution in [0.5, 0.6) is 0 Å². The maximum Gasteiger partial charge on any atom is -0.0100 e. The Morgan fingerprint density at radius 3 is 2.25 bits per heavy atom. The van der Waals surface area contributed by atoms with Crippen LogP contribution in [-0.4, -0.2) is 0 Å². The lowest BCUT2D eigenvalue weighted by Gasteiger charge is -2.00. The molecule has 0 N–H and O–H groups in total. The van der Waals surface area contributed by atoms with Gasteiger partial charge in [-0.05, 0) is 39.5 Å². The Balaban J connectivity index is 3.68. The van der Waals surface area contributed by atoms with Gasteiger partial charge in [0.05, 0.1) is 0 Å². The Hall–Kier alpha value is -0.520. The third-order valence-electron chi connectivity index (χ3n) is 2.18. The van der Waals surface area contributed by atoms with Gasteiger partial charge >= 0.3 is 0 Å². The van der Waals surface area contributed by atoms with Crippen molar-refractivity contribution in [3.8, 4) is 0 Å². The molecule has 0 amide bonds. The number of hydrogen-bond donors (Lipinski definition) is 0. The Morgan fingerprint density at radius 1 is 1.17 bits per heavy atom. The van der Waals surface area contributed by atoms with Gasteiger partial charge in [-0.1, -0.05) is 37.1 Å².